The molecule has 1 atom stereocenters. The Hall–Kier alpha value is -0.280. The Labute approximate surface area is 86.8 Å². The minimum atomic E-state index is -0.145. The lowest BCUT2D eigenvalue weighted by atomic mass is 10.0. The number of carbonyl (C=O) groups is 1. The van der Waals surface area contributed by atoms with Gasteiger partial charge in [0.05, 0.1) is 7.11 Å². The molecule has 13 heavy (non-hydrogen) atoms. The largest absolute Gasteiger partial charge is 0.468 e. The van der Waals surface area contributed by atoms with Crippen molar-refractivity contribution in [1.29, 1.82) is 0 Å². The molecule has 0 amide bonds. The molecule has 0 aliphatic carbocycles. The summed E-state index contributed by atoms with van der Waals surface area (Å²) in [5.74, 6) is 0.366. The van der Waals surface area contributed by atoms with E-state index in [-0.39, 0.29) is 24.4 Å². The Balaban J connectivity index is 0. The first-order valence-electron chi connectivity index (χ1n) is 4.23. The average molecular weight is 210 g/mol. The van der Waals surface area contributed by atoms with E-state index in [0.717, 1.165) is 6.42 Å². The van der Waals surface area contributed by atoms with Gasteiger partial charge in [-0.3, -0.25) is 9.69 Å². The quantitative estimate of drug-likeness (QED) is 0.659. The van der Waals surface area contributed by atoms with E-state index in [2.05, 4.69) is 13.8 Å². The Morgan fingerprint density at radius 3 is 2.08 bits per heavy atom. The maximum atomic E-state index is 11.2. The molecule has 3 nitrogen and oxygen atoms in total. The number of hydrogen-bond acceptors (Lipinski definition) is 3. The fourth-order valence-electron chi connectivity index (χ4n) is 1.10. The van der Waals surface area contributed by atoms with Crippen molar-refractivity contribution in [3.8, 4) is 0 Å². The van der Waals surface area contributed by atoms with Crippen LogP contribution in [0.5, 0.6) is 0 Å². The SMILES string of the molecule is COC(=O)[C@H](CC(C)C)N(C)C.Cl. The summed E-state index contributed by atoms with van der Waals surface area (Å²) >= 11 is 0. The lowest BCUT2D eigenvalue weighted by molar-refractivity contribution is -0.146. The van der Waals surface area contributed by atoms with Gasteiger partial charge < -0.3 is 4.74 Å². The highest BCUT2D eigenvalue weighted by Gasteiger charge is 2.21. The topological polar surface area (TPSA) is 29.5 Å². The highest BCUT2D eigenvalue weighted by atomic mass is 35.5. The van der Waals surface area contributed by atoms with Crippen LogP contribution in [0.2, 0.25) is 0 Å². The monoisotopic (exact) mass is 209 g/mol. The highest BCUT2D eigenvalue weighted by Crippen LogP contribution is 2.09. The molecule has 0 spiro atoms. The third-order valence-electron chi connectivity index (χ3n) is 1.79. The Morgan fingerprint density at radius 1 is 1.38 bits per heavy atom. The number of methoxy groups -OCH3 is 1. The van der Waals surface area contributed by atoms with Crippen LogP contribution >= 0.6 is 12.4 Å². The summed E-state index contributed by atoms with van der Waals surface area (Å²) in [5.41, 5.74) is 0. The van der Waals surface area contributed by atoms with Gasteiger partial charge in [0.25, 0.3) is 0 Å². The number of hydrogen-bond donors (Lipinski definition) is 0. The first-order chi connectivity index (χ1) is 5.49. The molecule has 0 rings (SSSR count). The molecule has 0 aromatic carbocycles. The smallest absolute Gasteiger partial charge is 0.323 e. The van der Waals surface area contributed by atoms with E-state index in [1.54, 1.807) is 0 Å². The summed E-state index contributed by atoms with van der Waals surface area (Å²) in [6.45, 7) is 4.19. The molecule has 0 N–H and O–H groups in total. The van der Waals surface area contributed by atoms with E-state index >= 15 is 0 Å². The molecule has 0 aromatic heterocycles. The zero-order chi connectivity index (χ0) is 9.72. The fraction of sp³-hybridized carbons (Fsp3) is 0.889. The molecular formula is C9H20ClNO2. The van der Waals surface area contributed by atoms with Gasteiger partial charge in [-0.15, -0.1) is 12.4 Å². The average Bonchev–Trinajstić information content (AvgIpc) is 1.98. The fourth-order valence-corrected chi connectivity index (χ4v) is 1.10. The summed E-state index contributed by atoms with van der Waals surface area (Å²) in [7, 11) is 5.22. The van der Waals surface area contributed by atoms with Crippen molar-refractivity contribution < 1.29 is 9.53 Å². The highest BCUT2D eigenvalue weighted by molar-refractivity contribution is 5.85. The number of nitrogens with zero attached hydrogens (tertiary/aromatic N) is 1. The van der Waals surface area contributed by atoms with Gasteiger partial charge >= 0.3 is 5.97 Å². The molecule has 0 aromatic rings. The second-order valence-electron chi connectivity index (χ2n) is 3.63. The van der Waals surface area contributed by atoms with E-state index in [1.807, 2.05) is 19.0 Å². The molecule has 0 saturated carbocycles. The van der Waals surface area contributed by atoms with Gasteiger partial charge in [0, 0.05) is 0 Å². The number of halogens is 1. The van der Waals surface area contributed by atoms with Crippen molar-refractivity contribution in [3.63, 3.8) is 0 Å². The summed E-state index contributed by atoms with van der Waals surface area (Å²) in [4.78, 5) is 13.1. The lowest BCUT2D eigenvalue weighted by Gasteiger charge is -2.23. The standard InChI is InChI=1S/C9H19NO2.ClH/c1-7(2)6-8(10(3)4)9(11)12-5;/h7-8H,6H2,1-5H3;1H/t8-;/m0./s1. The second kappa shape index (κ2) is 7.15. The summed E-state index contributed by atoms with van der Waals surface area (Å²) in [6, 6.07) is -0.102. The van der Waals surface area contributed by atoms with E-state index in [0.29, 0.717) is 5.92 Å². The lowest BCUT2D eigenvalue weighted by Crippen LogP contribution is -2.37. The number of esters is 1. The van der Waals surface area contributed by atoms with Gasteiger partial charge in [-0.2, -0.15) is 0 Å². The van der Waals surface area contributed by atoms with Gasteiger partial charge in [0.2, 0.25) is 0 Å². The van der Waals surface area contributed by atoms with Crippen molar-refractivity contribution in [2.75, 3.05) is 21.2 Å². The van der Waals surface area contributed by atoms with E-state index < -0.39 is 0 Å². The van der Waals surface area contributed by atoms with E-state index in [9.17, 15) is 4.79 Å². The zero-order valence-electron chi connectivity index (χ0n) is 9.03. The molecule has 0 heterocycles. The molecular weight excluding hydrogens is 190 g/mol. The Kier molecular flexibility index (Phi) is 8.37. The van der Waals surface area contributed by atoms with Crippen LogP contribution in [0.15, 0.2) is 0 Å². The number of ether oxygens (including phenoxy) is 1. The molecule has 0 unspecified atom stereocenters. The first-order valence-corrected chi connectivity index (χ1v) is 4.23. The summed E-state index contributed by atoms with van der Waals surface area (Å²) in [6.07, 6.45) is 0.847. The van der Waals surface area contributed by atoms with Gasteiger partial charge in [0.1, 0.15) is 6.04 Å². The van der Waals surface area contributed by atoms with E-state index in [4.69, 9.17) is 4.74 Å². The molecule has 0 fully saturated rings. The van der Waals surface area contributed by atoms with Crippen molar-refractivity contribution in [1.82, 2.24) is 4.90 Å². The molecule has 0 aliphatic rings. The third-order valence-corrected chi connectivity index (χ3v) is 1.79. The molecule has 0 bridgehead atoms. The summed E-state index contributed by atoms with van der Waals surface area (Å²) in [5, 5.41) is 0. The van der Waals surface area contributed by atoms with Crippen molar-refractivity contribution in [2.45, 2.75) is 26.3 Å². The van der Waals surface area contributed by atoms with E-state index in [1.165, 1.54) is 7.11 Å². The van der Waals surface area contributed by atoms with Gasteiger partial charge in [-0.05, 0) is 26.4 Å². The predicted molar refractivity (Wildman–Crippen MR) is 56.2 cm³/mol. The number of carbonyl (C=O) groups excluding carboxylic acids is 1. The maximum Gasteiger partial charge on any atom is 0.323 e. The van der Waals surface area contributed by atoms with Crippen LogP contribution in [0.25, 0.3) is 0 Å². The van der Waals surface area contributed by atoms with Crippen LogP contribution in [0, 0.1) is 5.92 Å². The Morgan fingerprint density at radius 2 is 1.85 bits per heavy atom. The van der Waals surface area contributed by atoms with Gasteiger partial charge in [-0.1, -0.05) is 13.8 Å². The van der Waals surface area contributed by atoms with Gasteiger partial charge in [0.15, 0.2) is 0 Å². The Bertz CT molecular complexity index is 149. The van der Waals surface area contributed by atoms with Crippen molar-refractivity contribution in [2.24, 2.45) is 5.92 Å². The van der Waals surface area contributed by atoms with Crippen LogP contribution in [-0.2, 0) is 9.53 Å². The summed E-state index contributed by atoms with van der Waals surface area (Å²) < 4.78 is 4.69. The molecule has 4 heteroatoms. The molecule has 0 saturated heterocycles. The van der Waals surface area contributed by atoms with Crippen LogP contribution in [-0.4, -0.2) is 38.1 Å². The van der Waals surface area contributed by atoms with Crippen LogP contribution in [0.1, 0.15) is 20.3 Å². The number of likely N-dealkylation sites (N-methyl/N-ethyl adjacent to an activating group) is 1. The predicted octanol–water partition coefficient (Wildman–Crippen LogP) is 1.56. The minimum Gasteiger partial charge on any atom is -0.468 e. The molecule has 80 valence electrons. The van der Waals surface area contributed by atoms with Gasteiger partial charge in [-0.25, -0.2) is 0 Å². The van der Waals surface area contributed by atoms with Crippen molar-refractivity contribution >= 4 is 18.4 Å². The third kappa shape index (κ3) is 5.88. The molecule has 0 aliphatic heterocycles. The maximum absolute atomic E-state index is 11.2. The zero-order valence-corrected chi connectivity index (χ0v) is 9.85. The number of rotatable bonds is 4. The van der Waals surface area contributed by atoms with Crippen molar-refractivity contribution in [3.05, 3.63) is 0 Å². The van der Waals surface area contributed by atoms with Crippen LogP contribution < -0.4 is 0 Å². The van der Waals surface area contributed by atoms with Crippen LogP contribution in [0.4, 0.5) is 0 Å². The van der Waals surface area contributed by atoms with Crippen LogP contribution in [0.3, 0.4) is 0 Å². The first kappa shape index (κ1) is 15.2. The normalized spacial score (nSPS) is 12.5. The molecule has 0 radical (unpaired) electrons. The second-order valence-corrected chi connectivity index (χ2v) is 3.63. The minimum absolute atomic E-state index is 0.